The van der Waals surface area contributed by atoms with Crippen molar-refractivity contribution in [2.24, 2.45) is 0 Å². The molecule has 0 saturated carbocycles. The van der Waals surface area contributed by atoms with Crippen LogP contribution in [-0.4, -0.2) is 56.2 Å². The number of carbonyl (C=O) groups excluding carboxylic acids is 1. The van der Waals surface area contributed by atoms with E-state index in [1.807, 2.05) is 19.1 Å². The number of carbonyl (C=O) groups is 1. The highest BCUT2D eigenvalue weighted by molar-refractivity contribution is 7.22. The summed E-state index contributed by atoms with van der Waals surface area (Å²) in [6, 6.07) is 8.98. The number of amides is 1. The van der Waals surface area contributed by atoms with Crippen molar-refractivity contribution < 1.29 is 14.3 Å². The molecule has 2 aromatic carbocycles. The molecule has 1 aromatic heterocycles. The van der Waals surface area contributed by atoms with Crippen LogP contribution in [-0.2, 0) is 0 Å². The van der Waals surface area contributed by atoms with Crippen LogP contribution in [0, 0.1) is 6.92 Å². The van der Waals surface area contributed by atoms with Crippen molar-refractivity contribution in [3.63, 3.8) is 0 Å². The molecule has 0 unspecified atom stereocenters. The first-order valence-electron chi connectivity index (χ1n) is 10.2. The third-order valence-corrected chi connectivity index (χ3v) is 6.76. The maximum Gasteiger partial charge on any atom is 0.263 e. The van der Waals surface area contributed by atoms with Crippen LogP contribution in [0.1, 0.15) is 29.8 Å². The van der Waals surface area contributed by atoms with Crippen LogP contribution in [0.2, 0.25) is 5.02 Å². The fourth-order valence-electron chi connectivity index (χ4n) is 3.44. The van der Waals surface area contributed by atoms with Gasteiger partial charge in [0.1, 0.15) is 17.0 Å². The summed E-state index contributed by atoms with van der Waals surface area (Å²) in [5.74, 6) is 0.985. The molecule has 8 heteroatoms. The number of thiazole rings is 1. The summed E-state index contributed by atoms with van der Waals surface area (Å²) in [4.78, 5) is 22.5. The van der Waals surface area contributed by atoms with Crippen LogP contribution in [0.25, 0.3) is 10.2 Å². The zero-order chi connectivity index (χ0) is 22.5. The summed E-state index contributed by atoms with van der Waals surface area (Å²) in [5.41, 5.74) is 2.27. The fourth-order valence-corrected chi connectivity index (χ4v) is 4.68. The average molecular weight is 462 g/mol. The molecule has 0 N–H and O–H groups in total. The van der Waals surface area contributed by atoms with E-state index >= 15 is 0 Å². The Morgan fingerprint density at radius 3 is 2.39 bits per heavy atom. The van der Waals surface area contributed by atoms with E-state index in [1.165, 1.54) is 11.3 Å². The van der Waals surface area contributed by atoms with Gasteiger partial charge in [-0.3, -0.25) is 9.69 Å². The van der Waals surface area contributed by atoms with E-state index in [-0.39, 0.29) is 5.91 Å². The highest BCUT2D eigenvalue weighted by atomic mass is 35.5. The molecule has 0 saturated heterocycles. The molecule has 3 rings (SSSR count). The highest BCUT2D eigenvalue weighted by Crippen LogP contribution is 2.37. The number of aryl methyl sites for hydroxylation is 1. The number of nitrogens with zero attached hydrogens (tertiary/aromatic N) is 3. The lowest BCUT2D eigenvalue weighted by molar-refractivity contribution is 0.0981. The SMILES string of the molecule is CCN(CC)CCN(C(=O)c1cc(Cl)ccc1OC)c1nc2c(OC)ccc(C)c2s1. The quantitative estimate of drug-likeness (QED) is 0.434. The summed E-state index contributed by atoms with van der Waals surface area (Å²) in [7, 11) is 3.18. The number of likely N-dealkylation sites (N-methyl/N-ethyl adjacent to an activating group) is 1. The number of ether oxygens (including phenoxy) is 2. The van der Waals surface area contributed by atoms with Crippen molar-refractivity contribution >= 4 is 44.2 Å². The molecular formula is C23H28ClN3O3S. The maximum absolute atomic E-state index is 13.7. The van der Waals surface area contributed by atoms with E-state index in [4.69, 9.17) is 26.1 Å². The smallest absolute Gasteiger partial charge is 0.263 e. The molecule has 1 amide bonds. The standard InChI is InChI=1S/C23H28ClN3O3S/c1-6-26(7-2)12-13-27(22(28)17-14-16(24)9-11-18(17)29-4)23-25-20-19(30-5)10-8-15(3)21(20)31-23/h8-11,14H,6-7,12-13H2,1-5H3. The Morgan fingerprint density at radius 2 is 1.74 bits per heavy atom. The zero-order valence-electron chi connectivity index (χ0n) is 18.6. The molecule has 0 aliphatic carbocycles. The van der Waals surface area contributed by atoms with Crippen LogP contribution in [0.5, 0.6) is 11.5 Å². The number of fused-ring (bicyclic) bond motifs is 1. The van der Waals surface area contributed by atoms with Gasteiger partial charge in [0.2, 0.25) is 0 Å². The third kappa shape index (κ3) is 4.95. The lowest BCUT2D eigenvalue weighted by Gasteiger charge is -2.25. The Morgan fingerprint density at radius 1 is 1.06 bits per heavy atom. The van der Waals surface area contributed by atoms with Gasteiger partial charge in [0.25, 0.3) is 5.91 Å². The van der Waals surface area contributed by atoms with Crippen molar-refractivity contribution in [2.45, 2.75) is 20.8 Å². The van der Waals surface area contributed by atoms with Gasteiger partial charge in [-0.25, -0.2) is 4.98 Å². The van der Waals surface area contributed by atoms with E-state index in [1.54, 1.807) is 37.3 Å². The van der Waals surface area contributed by atoms with Crippen molar-refractivity contribution in [3.8, 4) is 11.5 Å². The lowest BCUT2D eigenvalue weighted by Crippen LogP contribution is -2.39. The Kier molecular flexibility index (Phi) is 7.75. The van der Waals surface area contributed by atoms with Crippen molar-refractivity contribution in [1.82, 2.24) is 9.88 Å². The lowest BCUT2D eigenvalue weighted by atomic mass is 10.1. The van der Waals surface area contributed by atoms with Gasteiger partial charge >= 0.3 is 0 Å². The molecule has 0 fully saturated rings. The second-order valence-corrected chi connectivity index (χ2v) is 8.50. The van der Waals surface area contributed by atoms with Gasteiger partial charge in [0, 0.05) is 18.1 Å². The van der Waals surface area contributed by atoms with E-state index < -0.39 is 0 Å². The van der Waals surface area contributed by atoms with Crippen molar-refractivity contribution in [1.29, 1.82) is 0 Å². The number of methoxy groups -OCH3 is 2. The first kappa shape index (κ1) is 23.3. The van der Waals surface area contributed by atoms with Crippen LogP contribution < -0.4 is 14.4 Å². The van der Waals surface area contributed by atoms with E-state index in [0.717, 1.165) is 35.4 Å². The summed E-state index contributed by atoms with van der Waals surface area (Å²) >= 11 is 7.69. The highest BCUT2D eigenvalue weighted by Gasteiger charge is 2.26. The zero-order valence-corrected chi connectivity index (χ0v) is 20.1. The Bertz CT molecular complexity index is 1070. The van der Waals surface area contributed by atoms with Gasteiger partial charge in [-0.2, -0.15) is 0 Å². The van der Waals surface area contributed by atoms with Crippen LogP contribution in [0.15, 0.2) is 30.3 Å². The number of aromatic nitrogens is 1. The van der Waals surface area contributed by atoms with Gasteiger partial charge in [-0.05, 0) is 49.8 Å². The average Bonchev–Trinajstić information content (AvgIpc) is 3.22. The van der Waals surface area contributed by atoms with Crippen molar-refractivity contribution in [2.75, 3.05) is 45.3 Å². The van der Waals surface area contributed by atoms with Crippen molar-refractivity contribution in [3.05, 3.63) is 46.5 Å². The van der Waals surface area contributed by atoms with Gasteiger partial charge < -0.3 is 14.4 Å². The number of benzene rings is 2. The number of hydrogen-bond donors (Lipinski definition) is 0. The number of hydrogen-bond acceptors (Lipinski definition) is 6. The molecule has 0 atom stereocenters. The predicted molar refractivity (Wildman–Crippen MR) is 128 cm³/mol. The minimum atomic E-state index is -0.192. The second kappa shape index (κ2) is 10.3. The molecule has 166 valence electrons. The predicted octanol–water partition coefficient (Wildman–Crippen LogP) is 5.26. The summed E-state index contributed by atoms with van der Waals surface area (Å²) in [5, 5.41) is 1.11. The van der Waals surface area contributed by atoms with E-state index in [9.17, 15) is 4.79 Å². The van der Waals surface area contributed by atoms with E-state index in [2.05, 4.69) is 18.7 Å². The summed E-state index contributed by atoms with van der Waals surface area (Å²) < 4.78 is 11.9. The topological polar surface area (TPSA) is 54.9 Å². The van der Waals surface area contributed by atoms with Gasteiger partial charge in [0.05, 0.1) is 24.5 Å². The molecule has 6 nitrogen and oxygen atoms in total. The second-order valence-electron chi connectivity index (χ2n) is 7.09. The number of halogens is 1. The van der Waals surface area contributed by atoms with Crippen LogP contribution >= 0.6 is 22.9 Å². The van der Waals surface area contributed by atoms with Gasteiger partial charge in [0.15, 0.2) is 5.13 Å². The minimum Gasteiger partial charge on any atom is -0.496 e. The molecule has 0 spiro atoms. The molecule has 31 heavy (non-hydrogen) atoms. The summed E-state index contributed by atoms with van der Waals surface area (Å²) in [6.45, 7) is 9.30. The molecule has 1 heterocycles. The molecule has 0 aliphatic heterocycles. The normalized spacial score (nSPS) is 11.2. The van der Waals surface area contributed by atoms with Gasteiger partial charge in [-0.1, -0.05) is 42.9 Å². The largest absolute Gasteiger partial charge is 0.496 e. The molecule has 0 aliphatic rings. The molecule has 3 aromatic rings. The Hall–Kier alpha value is -2.35. The summed E-state index contributed by atoms with van der Waals surface area (Å²) in [6.07, 6.45) is 0. The molecular weight excluding hydrogens is 434 g/mol. The number of anilines is 1. The first-order valence-corrected chi connectivity index (χ1v) is 11.4. The van der Waals surface area contributed by atoms with Crippen LogP contribution in [0.3, 0.4) is 0 Å². The van der Waals surface area contributed by atoms with Crippen LogP contribution in [0.4, 0.5) is 5.13 Å². The first-order chi connectivity index (χ1) is 14.9. The number of rotatable bonds is 9. The minimum absolute atomic E-state index is 0.192. The molecule has 0 bridgehead atoms. The Labute approximate surface area is 192 Å². The molecule has 0 radical (unpaired) electrons. The monoisotopic (exact) mass is 461 g/mol. The third-order valence-electron chi connectivity index (χ3n) is 5.31. The maximum atomic E-state index is 13.7. The Balaban J connectivity index is 2.09. The fraction of sp³-hybridized carbons (Fsp3) is 0.391. The van der Waals surface area contributed by atoms with Gasteiger partial charge in [-0.15, -0.1) is 0 Å². The van der Waals surface area contributed by atoms with E-state index in [0.29, 0.717) is 33.8 Å².